The molecule has 1 N–H and O–H groups in total. The van der Waals surface area contributed by atoms with E-state index in [1.807, 2.05) is 89.8 Å². The van der Waals surface area contributed by atoms with Crippen LogP contribution < -0.4 is 5.32 Å². The maximum atomic E-state index is 13.6. The van der Waals surface area contributed by atoms with Crippen molar-refractivity contribution in [3.05, 3.63) is 102 Å². The molecule has 5 rings (SSSR count). The third-order valence-electron chi connectivity index (χ3n) is 5.90. The first kappa shape index (κ1) is 22.7. The molecule has 2 aliphatic heterocycles. The van der Waals surface area contributed by atoms with Crippen LogP contribution in [0.4, 0.5) is 5.69 Å². The lowest BCUT2D eigenvalue weighted by molar-refractivity contribution is 0.0730. The van der Waals surface area contributed by atoms with E-state index in [1.165, 1.54) is 11.8 Å². The van der Waals surface area contributed by atoms with E-state index >= 15 is 0 Å². The zero-order chi connectivity index (χ0) is 23.5. The molecule has 3 aromatic rings. The number of amides is 1. The maximum Gasteiger partial charge on any atom is 0.254 e. The van der Waals surface area contributed by atoms with E-state index in [1.54, 1.807) is 0 Å². The number of sulfone groups is 1. The molecule has 2 aliphatic rings. The molecule has 174 valence electrons. The molecule has 1 fully saturated rings. The molecule has 3 aromatic carbocycles. The van der Waals surface area contributed by atoms with Crippen LogP contribution in [0.3, 0.4) is 0 Å². The number of hydrogen-bond acceptors (Lipinski definition) is 6. The molecule has 0 aromatic heterocycles. The van der Waals surface area contributed by atoms with Gasteiger partial charge < -0.3 is 10.2 Å². The topological polar surface area (TPSA) is 78.8 Å². The summed E-state index contributed by atoms with van der Waals surface area (Å²) < 4.78 is 23.6. The number of carbonyl (C=O) groups excluding carboxylic acids is 1. The van der Waals surface area contributed by atoms with Gasteiger partial charge in [0.05, 0.1) is 17.5 Å². The van der Waals surface area contributed by atoms with E-state index in [9.17, 15) is 13.2 Å². The second-order valence-electron chi connectivity index (χ2n) is 8.57. The van der Waals surface area contributed by atoms with Crippen LogP contribution in [0.5, 0.6) is 0 Å². The van der Waals surface area contributed by atoms with Crippen LogP contribution >= 0.6 is 11.8 Å². The van der Waals surface area contributed by atoms with E-state index in [0.29, 0.717) is 23.8 Å². The van der Waals surface area contributed by atoms with Crippen molar-refractivity contribution in [1.82, 2.24) is 4.90 Å². The number of aliphatic imine (C=N–C) groups is 1. The Bertz CT molecular complexity index is 1270. The summed E-state index contributed by atoms with van der Waals surface area (Å²) in [6.45, 7) is 1.01. The fraction of sp³-hybridized carbons (Fsp3) is 0.231. The molecule has 0 radical (unpaired) electrons. The number of amidine groups is 1. The van der Waals surface area contributed by atoms with Crippen LogP contribution in [-0.4, -0.2) is 47.2 Å². The van der Waals surface area contributed by atoms with Gasteiger partial charge in [0.2, 0.25) is 0 Å². The average Bonchev–Trinajstić information content (AvgIpc) is 3.32. The summed E-state index contributed by atoms with van der Waals surface area (Å²) >= 11 is 1.47. The fourth-order valence-electron chi connectivity index (χ4n) is 4.26. The Morgan fingerprint density at radius 1 is 0.912 bits per heavy atom. The molecule has 0 saturated carbocycles. The first-order valence-electron chi connectivity index (χ1n) is 11.1. The number of nitrogens with zero attached hydrogens (tertiary/aromatic N) is 2. The third kappa shape index (κ3) is 5.34. The van der Waals surface area contributed by atoms with Crippen molar-refractivity contribution in [3.8, 4) is 0 Å². The van der Waals surface area contributed by atoms with Gasteiger partial charge in [0.1, 0.15) is 0 Å². The van der Waals surface area contributed by atoms with Crippen molar-refractivity contribution in [2.45, 2.75) is 24.4 Å². The minimum absolute atomic E-state index is 0.0236. The lowest BCUT2D eigenvalue weighted by atomic mass is 10.1. The number of thioether (sulfide) groups is 1. The molecule has 8 heteroatoms. The average molecular weight is 492 g/mol. The smallest absolute Gasteiger partial charge is 0.254 e. The number of rotatable bonds is 6. The zero-order valence-corrected chi connectivity index (χ0v) is 20.1. The first-order valence-corrected chi connectivity index (χ1v) is 13.8. The summed E-state index contributed by atoms with van der Waals surface area (Å²) in [5.74, 6) is 0.228. The Balaban J connectivity index is 1.34. The van der Waals surface area contributed by atoms with Gasteiger partial charge in [-0.3, -0.25) is 9.79 Å². The van der Waals surface area contributed by atoms with E-state index < -0.39 is 9.84 Å². The quantitative estimate of drug-likeness (QED) is 0.559. The highest BCUT2D eigenvalue weighted by Crippen LogP contribution is 2.34. The summed E-state index contributed by atoms with van der Waals surface area (Å²) in [7, 11) is -2.99. The molecule has 34 heavy (non-hydrogen) atoms. The normalized spacial score (nSPS) is 20.4. The number of hydrogen-bond donors (Lipinski definition) is 1. The SMILES string of the molecule is O=C(c1cccc(NC2=N[C@@H]3CS(=O)(=O)C[C@@H]3S2)c1)N(Cc1ccccc1)Cc1ccccc1. The summed E-state index contributed by atoms with van der Waals surface area (Å²) in [4.78, 5) is 20.0. The third-order valence-corrected chi connectivity index (χ3v) is 9.04. The Labute approximate surface area is 204 Å². The van der Waals surface area contributed by atoms with Gasteiger partial charge in [-0.15, -0.1) is 0 Å². The van der Waals surface area contributed by atoms with Crippen LogP contribution in [0.2, 0.25) is 0 Å². The Morgan fingerprint density at radius 2 is 1.56 bits per heavy atom. The second kappa shape index (κ2) is 9.64. The highest BCUT2D eigenvalue weighted by molar-refractivity contribution is 8.15. The van der Waals surface area contributed by atoms with E-state index in [4.69, 9.17) is 0 Å². The predicted octanol–water partition coefficient (Wildman–Crippen LogP) is 4.21. The molecule has 2 atom stereocenters. The molecule has 6 nitrogen and oxygen atoms in total. The number of anilines is 1. The van der Waals surface area contributed by atoms with Gasteiger partial charge in [-0.1, -0.05) is 78.5 Å². The van der Waals surface area contributed by atoms with Gasteiger partial charge in [-0.2, -0.15) is 0 Å². The Morgan fingerprint density at radius 3 is 2.18 bits per heavy atom. The first-order chi connectivity index (χ1) is 16.4. The predicted molar refractivity (Wildman–Crippen MR) is 138 cm³/mol. The van der Waals surface area contributed by atoms with Crippen LogP contribution in [-0.2, 0) is 22.9 Å². The molecule has 0 aliphatic carbocycles. The molecular weight excluding hydrogens is 466 g/mol. The van der Waals surface area contributed by atoms with Crippen molar-refractivity contribution in [3.63, 3.8) is 0 Å². The van der Waals surface area contributed by atoms with E-state index in [0.717, 1.165) is 16.8 Å². The van der Waals surface area contributed by atoms with Gasteiger partial charge >= 0.3 is 0 Å². The van der Waals surface area contributed by atoms with Crippen LogP contribution in [0, 0.1) is 0 Å². The van der Waals surface area contributed by atoms with Gasteiger partial charge in [-0.05, 0) is 29.3 Å². The molecule has 0 bridgehead atoms. The molecule has 2 heterocycles. The molecule has 0 spiro atoms. The number of nitrogens with one attached hydrogen (secondary N) is 1. The fourth-order valence-corrected chi connectivity index (χ4v) is 7.94. The van der Waals surface area contributed by atoms with Crippen molar-refractivity contribution in [2.24, 2.45) is 4.99 Å². The molecular formula is C26H25N3O3S2. The number of carbonyl (C=O) groups is 1. The van der Waals surface area contributed by atoms with E-state index in [-0.39, 0.29) is 28.7 Å². The Kier molecular flexibility index (Phi) is 6.43. The van der Waals surface area contributed by atoms with Gasteiger partial charge in [-0.25, -0.2) is 8.42 Å². The lowest BCUT2D eigenvalue weighted by Crippen LogP contribution is -2.30. The highest BCUT2D eigenvalue weighted by atomic mass is 32.2. The van der Waals surface area contributed by atoms with Crippen molar-refractivity contribution in [1.29, 1.82) is 0 Å². The largest absolute Gasteiger partial charge is 0.335 e. The number of fused-ring (bicyclic) bond motifs is 1. The van der Waals surface area contributed by atoms with Crippen LogP contribution in [0.25, 0.3) is 0 Å². The van der Waals surface area contributed by atoms with Crippen molar-refractivity contribution >= 4 is 38.4 Å². The van der Waals surface area contributed by atoms with Crippen LogP contribution in [0.15, 0.2) is 89.9 Å². The Hall–Kier alpha value is -3.10. The second-order valence-corrected chi connectivity index (χ2v) is 12.0. The van der Waals surface area contributed by atoms with Gasteiger partial charge in [0.15, 0.2) is 15.0 Å². The molecule has 0 unspecified atom stereocenters. The van der Waals surface area contributed by atoms with Crippen molar-refractivity contribution in [2.75, 3.05) is 16.8 Å². The van der Waals surface area contributed by atoms with Crippen LogP contribution in [0.1, 0.15) is 21.5 Å². The summed E-state index contributed by atoms with van der Waals surface area (Å²) in [5, 5.41) is 3.96. The maximum absolute atomic E-state index is 13.6. The minimum Gasteiger partial charge on any atom is -0.335 e. The van der Waals surface area contributed by atoms with Crippen molar-refractivity contribution < 1.29 is 13.2 Å². The molecule has 1 saturated heterocycles. The highest BCUT2D eigenvalue weighted by Gasteiger charge is 2.42. The van der Waals surface area contributed by atoms with E-state index in [2.05, 4.69) is 10.3 Å². The summed E-state index contributed by atoms with van der Waals surface area (Å²) in [5.41, 5.74) is 3.49. The molecule has 1 amide bonds. The number of benzene rings is 3. The lowest BCUT2D eigenvalue weighted by Gasteiger charge is -2.23. The zero-order valence-electron chi connectivity index (χ0n) is 18.5. The van der Waals surface area contributed by atoms with Gasteiger partial charge in [0.25, 0.3) is 5.91 Å². The van der Waals surface area contributed by atoms with Gasteiger partial charge in [0, 0.05) is 29.6 Å². The monoisotopic (exact) mass is 491 g/mol. The summed E-state index contributed by atoms with van der Waals surface area (Å²) in [6.07, 6.45) is 0. The minimum atomic E-state index is -2.99. The summed E-state index contributed by atoms with van der Waals surface area (Å²) in [6, 6.07) is 27.2. The standard InChI is InChI=1S/C26H25N3O3S2/c30-25(29(15-19-8-3-1-4-9-19)16-20-10-5-2-6-11-20)21-12-7-13-22(14-21)27-26-28-23-17-34(31,32)18-24(23)33-26/h1-14,23-24H,15-18H2,(H,27,28)/t23-,24+/m1/s1.